The van der Waals surface area contributed by atoms with Gasteiger partial charge >= 0.3 is 0 Å². The zero-order valence-corrected chi connectivity index (χ0v) is 10.4. The standard InChI is InChI=1S/C14H18N4/c15-5-6-17-9-14(16-11-17)10-18-7-12-3-1-2-4-13(12)8-18/h1-4,9,11H,5-8,10,15H2. The molecule has 1 aromatic carbocycles. The molecule has 2 N–H and O–H groups in total. The topological polar surface area (TPSA) is 47.1 Å². The van der Waals surface area contributed by atoms with Crippen molar-refractivity contribution in [1.82, 2.24) is 14.5 Å². The molecular formula is C14H18N4. The lowest BCUT2D eigenvalue weighted by molar-refractivity contribution is 0.272. The molecule has 0 aliphatic carbocycles. The van der Waals surface area contributed by atoms with Crippen molar-refractivity contribution in [3.05, 3.63) is 53.6 Å². The molecule has 1 aromatic heterocycles. The normalized spacial score (nSPS) is 14.9. The van der Waals surface area contributed by atoms with E-state index in [2.05, 4.69) is 44.9 Å². The second kappa shape index (κ2) is 4.92. The largest absolute Gasteiger partial charge is 0.336 e. The highest BCUT2D eigenvalue weighted by molar-refractivity contribution is 5.30. The summed E-state index contributed by atoms with van der Waals surface area (Å²) in [6, 6.07) is 8.64. The third-order valence-electron chi connectivity index (χ3n) is 3.37. The molecule has 2 heterocycles. The Morgan fingerprint density at radius 2 is 1.89 bits per heavy atom. The molecule has 4 heteroatoms. The Morgan fingerprint density at radius 3 is 2.56 bits per heavy atom. The van der Waals surface area contributed by atoms with E-state index in [4.69, 9.17) is 5.73 Å². The van der Waals surface area contributed by atoms with Gasteiger partial charge in [-0.05, 0) is 11.1 Å². The molecule has 0 radical (unpaired) electrons. The van der Waals surface area contributed by atoms with E-state index in [1.165, 1.54) is 11.1 Å². The van der Waals surface area contributed by atoms with E-state index in [9.17, 15) is 0 Å². The van der Waals surface area contributed by atoms with E-state index in [1.54, 1.807) is 0 Å². The predicted octanol–water partition coefficient (Wildman–Crippen LogP) is 1.36. The first-order valence-electron chi connectivity index (χ1n) is 6.35. The first-order valence-corrected chi connectivity index (χ1v) is 6.35. The van der Waals surface area contributed by atoms with Crippen molar-refractivity contribution in [3.8, 4) is 0 Å². The summed E-state index contributed by atoms with van der Waals surface area (Å²) >= 11 is 0. The smallest absolute Gasteiger partial charge is 0.0950 e. The van der Waals surface area contributed by atoms with E-state index >= 15 is 0 Å². The zero-order chi connectivity index (χ0) is 12.4. The van der Waals surface area contributed by atoms with Gasteiger partial charge in [-0.3, -0.25) is 4.90 Å². The molecule has 2 aromatic rings. The number of imidazole rings is 1. The molecule has 0 amide bonds. The molecule has 0 saturated carbocycles. The highest BCUT2D eigenvalue weighted by atomic mass is 15.2. The molecule has 1 aliphatic rings. The van der Waals surface area contributed by atoms with Crippen LogP contribution in [-0.4, -0.2) is 21.0 Å². The number of hydrogen-bond acceptors (Lipinski definition) is 3. The molecule has 0 saturated heterocycles. The van der Waals surface area contributed by atoms with Gasteiger partial charge in [0.05, 0.1) is 12.0 Å². The van der Waals surface area contributed by atoms with E-state index in [0.29, 0.717) is 6.54 Å². The summed E-state index contributed by atoms with van der Waals surface area (Å²) < 4.78 is 2.05. The van der Waals surface area contributed by atoms with Gasteiger partial charge in [0.2, 0.25) is 0 Å². The minimum Gasteiger partial charge on any atom is -0.336 e. The third-order valence-corrected chi connectivity index (χ3v) is 3.37. The Bertz CT molecular complexity index is 507. The lowest BCUT2D eigenvalue weighted by Crippen LogP contribution is -2.15. The Labute approximate surface area is 107 Å². The second-order valence-corrected chi connectivity index (χ2v) is 4.81. The highest BCUT2D eigenvalue weighted by Gasteiger charge is 2.18. The van der Waals surface area contributed by atoms with Gasteiger partial charge in [-0.1, -0.05) is 24.3 Å². The quantitative estimate of drug-likeness (QED) is 0.880. The van der Waals surface area contributed by atoms with Gasteiger partial charge in [-0.2, -0.15) is 0 Å². The summed E-state index contributed by atoms with van der Waals surface area (Å²) in [6.45, 7) is 4.46. The van der Waals surface area contributed by atoms with Crippen LogP contribution in [-0.2, 0) is 26.2 Å². The van der Waals surface area contributed by atoms with Gasteiger partial charge in [0.15, 0.2) is 0 Å². The first-order chi connectivity index (χ1) is 8.85. The van der Waals surface area contributed by atoms with Gasteiger partial charge in [-0.15, -0.1) is 0 Å². The molecule has 94 valence electrons. The molecule has 1 aliphatic heterocycles. The number of benzene rings is 1. The maximum absolute atomic E-state index is 5.53. The van der Waals surface area contributed by atoms with Gasteiger partial charge in [0, 0.05) is 38.9 Å². The summed E-state index contributed by atoms with van der Waals surface area (Å²) in [5.74, 6) is 0. The fourth-order valence-electron chi connectivity index (χ4n) is 2.50. The Hall–Kier alpha value is -1.65. The minimum absolute atomic E-state index is 0.658. The van der Waals surface area contributed by atoms with Crippen LogP contribution in [0.15, 0.2) is 36.8 Å². The number of fused-ring (bicyclic) bond motifs is 1. The van der Waals surface area contributed by atoms with Crippen molar-refractivity contribution in [2.24, 2.45) is 5.73 Å². The Balaban J connectivity index is 1.65. The van der Waals surface area contributed by atoms with Gasteiger partial charge < -0.3 is 10.3 Å². The maximum atomic E-state index is 5.53. The van der Waals surface area contributed by atoms with Crippen molar-refractivity contribution in [2.75, 3.05) is 6.54 Å². The number of nitrogens with two attached hydrogens (primary N) is 1. The van der Waals surface area contributed by atoms with Crippen molar-refractivity contribution in [2.45, 2.75) is 26.2 Å². The Morgan fingerprint density at radius 1 is 1.17 bits per heavy atom. The van der Waals surface area contributed by atoms with Crippen LogP contribution in [0.5, 0.6) is 0 Å². The third kappa shape index (κ3) is 2.30. The lowest BCUT2D eigenvalue weighted by Gasteiger charge is -2.12. The average molecular weight is 242 g/mol. The van der Waals surface area contributed by atoms with Crippen LogP contribution < -0.4 is 5.73 Å². The lowest BCUT2D eigenvalue weighted by atomic mass is 10.1. The van der Waals surface area contributed by atoms with Gasteiger partial charge in [0.25, 0.3) is 0 Å². The first kappa shape index (κ1) is 11.4. The van der Waals surface area contributed by atoms with Gasteiger partial charge in [-0.25, -0.2) is 4.98 Å². The molecule has 0 bridgehead atoms. The van der Waals surface area contributed by atoms with Crippen LogP contribution in [0.3, 0.4) is 0 Å². The van der Waals surface area contributed by atoms with E-state index < -0.39 is 0 Å². The van der Waals surface area contributed by atoms with Crippen LogP contribution in [0.2, 0.25) is 0 Å². The van der Waals surface area contributed by atoms with Crippen LogP contribution in [0.1, 0.15) is 16.8 Å². The van der Waals surface area contributed by atoms with Crippen LogP contribution in [0.25, 0.3) is 0 Å². The van der Waals surface area contributed by atoms with Crippen LogP contribution >= 0.6 is 0 Å². The summed E-state index contributed by atoms with van der Waals surface area (Å²) in [5, 5.41) is 0. The maximum Gasteiger partial charge on any atom is 0.0950 e. The number of aromatic nitrogens is 2. The molecule has 0 fully saturated rings. The van der Waals surface area contributed by atoms with Crippen molar-refractivity contribution < 1.29 is 0 Å². The predicted molar refractivity (Wildman–Crippen MR) is 70.7 cm³/mol. The molecular weight excluding hydrogens is 224 g/mol. The summed E-state index contributed by atoms with van der Waals surface area (Å²) in [7, 11) is 0. The van der Waals surface area contributed by atoms with Crippen LogP contribution in [0, 0.1) is 0 Å². The molecule has 18 heavy (non-hydrogen) atoms. The Kier molecular flexibility index (Phi) is 3.13. The van der Waals surface area contributed by atoms with Crippen LogP contribution in [0.4, 0.5) is 0 Å². The SMILES string of the molecule is NCCn1cnc(CN2Cc3ccccc3C2)c1. The highest BCUT2D eigenvalue weighted by Crippen LogP contribution is 2.23. The average Bonchev–Trinajstić information content (AvgIpc) is 2.96. The molecule has 3 rings (SSSR count). The number of hydrogen-bond donors (Lipinski definition) is 1. The summed E-state index contributed by atoms with van der Waals surface area (Å²) in [5.41, 5.74) is 9.54. The monoisotopic (exact) mass is 242 g/mol. The minimum atomic E-state index is 0.658. The molecule has 0 unspecified atom stereocenters. The van der Waals surface area contributed by atoms with E-state index in [0.717, 1.165) is 31.9 Å². The summed E-state index contributed by atoms with van der Waals surface area (Å²) in [6.07, 6.45) is 3.96. The van der Waals surface area contributed by atoms with E-state index in [-0.39, 0.29) is 0 Å². The number of rotatable bonds is 4. The van der Waals surface area contributed by atoms with Crippen molar-refractivity contribution in [1.29, 1.82) is 0 Å². The van der Waals surface area contributed by atoms with Gasteiger partial charge in [0.1, 0.15) is 0 Å². The summed E-state index contributed by atoms with van der Waals surface area (Å²) in [4.78, 5) is 6.84. The van der Waals surface area contributed by atoms with E-state index in [1.807, 2.05) is 6.33 Å². The fourth-order valence-corrected chi connectivity index (χ4v) is 2.50. The second-order valence-electron chi connectivity index (χ2n) is 4.81. The van der Waals surface area contributed by atoms with Crippen molar-refractivity contribution >= 4 is 0 Å². The number of nitrogens with zero attached hydrogens (tertiary/aromatic N) is 3. The molecule has 0 atom stereocenters. The zero-order valence-electron chi connectivity index (χ0n) is 10.4. The molecule has 0 spiro atoms. The van der Waals surface area contributed by atoms with Crippen molar-refractivity contribution in [3.63, 3.8) is 0 Å². The fraction of sp³-hybridized carbons (Fsp3) is 0.357. The molecule has 4 nitrogen and oxygen atoms in total.